The van der Waals surface area contributed by atoms with Crippen LogP contribution in [0, 0.1) is 0 Å². The molecule has 1 amide bonds. The maximum Gasteiger partial charge on any atom is 0.300 e. The lowest BCUT2D eigenvalue weighted by atomic mass is 9.99. The van der Waals surface area contributed by atoms with Crippen LogP contribution >= 0.6 is 22.9 Å². The monoisotopic (exact) mass is 517 g/mol. The number of aliphatic hydroxyl groups excluding tert-OH is 1. The molecule has 2 heterocycles. The third kappa shape index (κ3) is 4.34. The number of aliphatic hydroxyl groups is 1. The second kappa shape index (κ2) is 9.89. The van der Waals surface area contributed by atoms with Crippen LogP contribution in [-0.2, 0) is 9.59 Å². The van der Waals surface area contributed by atoms with Crippen LogP contribution in [0.15, 0.2) is 95.9 Å². The number of benzene rings is 3. The van der Waals surface area contributed by atoms with E-state index in [4.69, 9.17) is 21.1 Å². The van der Waals surface area contributed by atoms with Crippen LogP contribution in [0.2, 0.25) is 5.02 Å². The van der Waals surface area contributed by atoms with Gasteiger partial charge >= 0.3 is 0 Å². The van der Waals surface area contributed by atoms with Gasteiger partial charge < -0.3 is 14.6 Å². The van der Waals surface area contributed by atoms with E-state index in [2.05, 4.69) is 0 Å². The summed E-state index contributed by atoms with van der Waals surface area (Å²) >= 11 is 7.73. The van der Waals surface area contributed by atoms with Crippen molar-refractivity contribution in [2.24, 2.45) is 0 Å². The summed E-state index contributed by atoms with van der Waals surface area (Å²) in [7, 11) is 1.49. The molecule has 0 bridgehead atoms. The van der Waals surface area contributed by atoms with Crippen molar-refractivity contribution in [3.63, 3.8) is 0 Å². The third-order valence-corrected chi connectivity index (χ3v) is 7.03. The Hall–Kier alpha value is -4.07. The average molecular weight is 518 g/mol. The minimum atomic E-state index is -0.826. The molecule has 0 saturated carbocycles. The smallest absolute Gasteiger partial charge is 0.300 e. The van der Waals surface area contributed by atoms with Crippen LogP contribution < -0.4 is 14.4 Å². The fourth-order valence-electron chi connectivity index (χ4n) is 4.07. The molecular weight excluding hydrogens is 498 g/mol. The summed E-state index contributed by atoms with van der Waals surface area (Å²) in [6.45, 7) is 0. The van der Waals surface area contributed by atoms with Gasteiger partial charge in [-0.05, 0) is 66.0 Å². The van der Waals surface area contributed by atoms with Gasteiger partial charge in [0.15, 0.2) is 0 Å². The van der Waals surface area contributed by atoms with E-state index in [0.29, 0.717) is 22.9 Å². The molecule has 1 unspecified atom stereocenters. The first-order chi connectivity index (χ1) is 17.5. The van der Waals surface area contributed by atoms with E-state index in [-0.39, 0.29) is 21.9 Å². The third-order valence-electron chi connectivity index (χ3n) is 5.78. The quantitative estimate of drug-likeness (QED) is 0.172. The van der Waals surface area contributed by atoms with Gasteiger partial charge in [0.1, 0.15) is 29.0 Å². The van der Waals surface area contributed by atoms with Crippen molar-refractivity contribution < 1.29 is 24.2 Å². The van der Waals surface area contributed by atoms with Gasteiger partial charge in [0.25, 0.3) is 11.7 Å². The summed E-state index contributed by atoms with van der Waals surface area (Å²) in [5.41, 5.74) is 0.663. The van der Waals surface area contributed by atoms with Crippen LogP contribution in [-0.4, -0.2) is 23.9 Å². The number of rotatable bonds is 6. The van der Waals surface area contributed by atoms with Crippen molar-refractivity contribution >= 4 is 46.1 Å². The molecule has 36 heavy (non-hydrogen) atoms. The number of hydrogen-bond acceptors (Lipinski definition) is 6. The van der Waals surface area contributed by atoms with E-state index in [1.165, 1.54) is 29.4 Å². The number of para-hydroxylation sites is 1. The Labute approximate surface area is 216 Å². The zero-order valence-electron chi connectivity index (χ0n) is 19.1. The van der Waals surface area contributed by atoms with Gasteiger partial charge in [-0.3, -0.25) is 14.5 Å². The predicted octanol–water partition coefficient (Wildman–Crippen LogP) is 6.83. The minimum absolute atomic E-state index is 0.0396. The molecule has 0 radical (unpaired) electrons. The van der Waals surface area contributed by atoms with Crippen LogP contribution in [0.1, 0.15) is 16.5 Å². The first-order valence-electron chi connectivity index (χ1n) is 11.0. The van der Waals surface area contributed by atoms with Crippen LogP contribution in [0.4, 0.5) is 5.69 Å². The largest absolute Gasteiger partial charge is 0.507 e. The van der Waals surface area contributed by atoms with Gasteiger partial charge in [0.2, 0.25) is 0 Å². The minimum Gasteiger partial charge on any atom is -0.507 e. The van der Waals surface area contributed by atoms with Gasteiger partial charge in [-0.2, -0.15) is 0 Å². The molecule has 1 fully saturated rings. The molecule has 1 aromatic heterocycles. The van der Waals surface area contributed by atoms with Crippen LogP contribution in [0.3, 0.4) is 0 Å². The first kappa shape index (κ1) is 23.7. The Morgan fingerprint density at radius 2 is 1.61 bits per heavy atom. The first-order valence-corrected chi connectivity index (χ1v) is 12.2. The van der Waals surface area contributed by atoms with Crippen molar-refractivity contribution in [2.45, 2.75) is 6.04 Å². The predicted molar refractivity (Wildman–Crippen MR) is 140 cm³/mol. The SMILES string of the molecule is COc1ccc(Cl)c(/C(O)=C2/C(=O)C(=O)N(c3ccc(Oc4ccccc4)cc3)C2c2cccs2)c1. The number of methoxy groups -OCH3 is 1. The average Bonchev–Trinajstić information content (AvgIpc) is 3.52. The Kier molecular flexibility index (Phi) is 6.50. The topological polar surface area (TPSA) is 76.1 Å². The highest BCUT2D eigenvalue weighted by molar-refractivity contribution is 7.10. The number of hydrogen-bond donors (Lipinski definition) is 1. The van der Waals surface area contributed by atoms with Gasteiger partial charge in [-0.25, -0.2) is 0 Å². The van der Waals surface area contributed by atoms with Gasteiger partial charge in [0, 0.05) is 16.1 Å². The molecular formula is C28H20ClNO5S. The Bertz CT molecular complexity index is 1450. The molecule has 3 aromatic carbocycles. The van der Waals surface area contributed by atoms with Crippen molar-refractivity contribution in [2.75, 3.05) is 12.0 Å². The summed E-state index contributed by atoms with van der Waals surface area (Å²) in [4.78, 5) is 28.7. The molecule has 8 heteroatoms. The van der Waals surface area contributed by atoms with E-state index in [1.54, 1.807) is 36.4 Å². The molecule has 1 aliphatic heterocycles. The van der Waals surface area contributed by atoms with Gasteiger partial charge in [0.05, 0.1) is 17.7 Å². The second-order valence-electron chi connectivity index (χ2n) is 7.94. The molecule has 0 spiro atoms. The number of Topliss-reactive ketones (excluding diaryl/α,β-unsaturated/α-hetero) is 1. The molecule has 1 N–H and O–H groups in total. The number of carbonyl (C=O) groups excluding carboxylic acids is 2. The molecule has 1 saturated heterocycles. The normalized spacial score (nSPS) is 16.8. The summed E-state index contributed by atoms with van der Waals surface area (Å²) in [6, 6.07) is 23.8. The summed E-state index contributed by atoms with van der Waals surface area (Å²) in [6.07, 6.45) is 0. The summed E-state index contributed by atoms with van der Waals surface area (Å²) in [5.74, 6) is -0.184. The van der Waals surface area contributed by atoms with Crippen molar-refractivity contribution in [3.05, 3.63) is 111 Å². The number of nitrogens with zero attached hydrogens (tertiary/aromatic N) is 1. The number of carbonyl (C=O) groups is 2. The highest BCUT2D eigenvalue weighted by Crippen LogP contribution is 2.45. The van der Waals surface area contributed by atoms with Crippen molar-refractivity contribution in [1.82, 2.24) is 0 Å². The van der Waals surface area contributed by atoms with Crippen LogP contribution in [0.5, 0.6) is 17.2 Å². The van der Waals surface area contributed by atoms with Gasteiger partial charge in [-0.1, -0.05) is 35.9 Å². The fraction of sp³-hybridized carbons (Fsp3) is 0.0714. The lowest BCUT2D eigenvalue weighted by Gasteiger charge is -2.24. The zero-order valence-corrected chi connectivity index (χ0v) is 20.6. The summed E-state index contributed by atoms with van der Waals surface area (Å²) < 4.78 is 11.1. The van der Waals surface area contributed by atoms with Gasteiger partial charge in [-0.15, -0.1) is 11.3 Å². The van der Waals surface area contributed by atoms with Crippen molar-refractivity contribution in [1.29, 1.82) is 0 Å². The fourth-order valence-corrected chi connectivity index (χ4v) is 5.10. The number of halogens is 1. The maximum atomic E-state index is 13.3. The van der Waals surface area contributed by atoms with E-state index >= 15 is 0 Å². The van der Waals surface area contributed by atoms with E-state index in [9.17, 15) is 14.7 Å². The highest BCUT2D eigenvalue weighted by atomic mass is 35.5. The number of amides is 1. The standard InChI is InChI=1S/C28H20ClNO5S/c1-34-20-13-14-22(29)21(16-20)26(31)24-25(23-8-5-15-36-23)30(28(33)27(24)32)17-9-11-19(12-10-17)35-18-6-3-2-4-7-18/h2-16,25,31H,1H3/b26-24-. The lowest BCUT2D eigenvalue weighted by molar-refractivity contribution is -0.132. The molecule has 180 valence electrons. The Balaban J connectivity index is 1.58. The number of thiophene rings is 1. The Morgan fingerprint density at radius 1 is 0.917 bits per heavy atom. The number of ether oxygens (including phenoxy) is 2. The summed E-state index contributed by atoms with van der Waals surface area (Å²) in [5, 5.41) is 13.4. The number of ketones is 1. The Morgan fingerprint density at radius 3 is 2.28 bits per heavy atom. The zero-order chi connectivity index (χ0) is 25.2. The molecule has 4 aromatic rings. The molecule has 0 aliphatic carbocycles. The van der Waals surface area contributed by atoms with E-state index < -0.39 is 17.7 Å². The molecule has 1 atom stereocenters. The van der Waals surface area contributed by atoms with Crippen LogP contribution in [0.25, 0.3) is 5.76 Å². The molecule has 5 rings (SSSR count). The second-order valence-corrected chi connectivity index (χ2v) is 9.33. The van der Waals surface area contributed by atoms with E-state index in [1.807, 2.05) is 47.8 Å². The highest BCUT2D eigenvalue weighted by Gasteiger charge is 2.47. The van der Waals surface area contributed by atoms with Crippen molar-refractivity contribution in [3.8, 4) is 17.2 Å². The molecule has 1 aliphatic rings. The van der Waals surface area contributed by atoms with E-state index in [0.717, 1.165) is 4.88 Å². The maximum absolute atomic E-state index is 13.3. The molecule has 6 nitrogen and oxygen atoms in total. The lowest BCUT2D eigenvalue weighted by Crippen LogP contribution is -2.29. The number of anilines is 1.